The molecule has 1 aromatic heterocycles. The first kappa shape index (κ1) is 19.0. The van der Waals surface area contributed by atoms with Crippen molar-refractivity contribution in [2.45, 2.75) is 0 Å². The lowest BCUT2D eigenvalue weighted by Crippen LogP contribution is -2.21. The van der Waals surface area contributed by atoms with Crippen molar-refractivity contribution >= 4 is 34.4 Å². The van der Waals surface area contributed by atoms with E-state index in [1.807, 2.05) is 6.07 Å². The van der Waals surface area contributed by atoms with Crippen LogP contribution in [0.4, 0.5) is 5.69 Å². The molecule has 0 saturated carbocycles. The van der Waals surface area contributed by atoms with E-state index in [1.54, 1.807) is 37.4 Å². The molecular weight excluding hydrogens is 364 g/mol. The van der Waals surface area contributed by atoms with Crippen LogP contribution in [0.1, 0.15) is 20.8 Å². The fourth-order valence-electron chi connectivity index (χ4n) is 2.56. The Morgan fingerprint density at radius 2 is 1.71 bits per heavy atom. The van der Waals surface area contributed by atoms with Gasteiger partial charge in [0.25, 0.3) is 5.91 Å². The number of hydrogen-bond donors (Lipinski definition) is 2. The van der Waals surface area contributed by atoms with Gasteiger partial charge in [0.1, 0.15) is 11.4 Å². The lowest BCUT2D eigenvalue weighted by atomic mass is 10.2. The number of H-pyrrole nitrogens is 1. The number of nitrogens with one attached hydrogen (secondary N) is 2. The normalized spacial score (nSPS) is 10.4. The molecule has 0 aliphatic carbocycles. The fourth-order valence-corrected chi connectivity index (χ4v) is 2.56. The lowest BCUT2D eigenvalue weighted by molar-refractivity contribution is -0.119. The van der Waals surface area contributed by atoms with E-state index >= 15 is 0 Å². The first-order chi connectivity index (χ1) is 13.5. The molecule has 0 saturated heterocycles. The van der Waals surface area contributed by atoms with Crippen LogP contribution in [0, 0.1) is 0 Å². The van der Waals surface area contributed by atoms with Crippen LogP contribution in [0.15, 0.2) is 48.5 Å². The molecule has 0 bridgehead atoms. The van der Waals surface area contributed by atoms with Gasteiger partial charge in [-0.25, -0.2) is 9.59 Å². The Hall–Kier alpha value is -3.81. The standard InChI is InChI=1S/C20H18N2O6/c1-26-15-8-5-13-9-17(22-16(13)10-15)20(25)28-11-18(23)21-14-6-3-12(4-7-14)19(24)27-2/h3-10,22H,11H2,1-2H3,(H,21,23). The molecular formula is C20H18N2O6. The van der Waals surface area contributed by atoms with Crippen LogP contribution in [0.25, 0.3) is 10.9 Å². The highest BCUT2D eigenvalue weighted by molar-refractivity contribution is 5.98. The summed E-state index contributed by atoms with van der Waals surface area (Å²) in [5, 5.41) is 3.40. The van der Waals surface area contributed by atoms with Gasteiger partial charge in [-0.1, -0.05) is 0 Å². The molecule has 0 spiro atoms. The van der Waals surface area contributed by atoms with Gasteiger partial charge in [-0.15, -0.1) is 0 Å². The summed E-state index contributed by atoms with van der Waals surface area (Å²) in [5.74, 6) is -0.960. The Kier molecular flexibility index (Phi) is 5.59. The molecule has 0 atom stereocenters. The van der Waals surface area contributed by atoms with E-state index in [2.05, 4.69) is 15.0 Å². The summed E-state index contributed by atoms with van der Waals surface area (Å²) >= 11 is 0. The second-order valence-electron chi connectivity index (χ2n) is 5.83. The average molecular weight is 382 g/mol. The molecule has 2 N–H and O–H groups in total. The van der Waals surface area contributed by atoms with E-state index in [-0.39, 0.29) is 5.69 Å². The molecule has 8 heteroatoms. The van der Waals surface area contributed by atoms with Gasteiger partial charge in [-0.3, -0.25) is 4.79 Å². The second kappa shape index (κ2) is 8.26. The Morgan fingerprint density at radius 1 is 0.964 bits per heavy atom. The maximum atomic E-state index is 12.2. The maximum Gasteiger partial charge on any atom is 0.355 e. The van der Waals surface area contributed by atoms with E-state index < -0.39 is 24.5 Å². The third kappa shape index (κ3) is 4.29. The number of anilines is 1. The number of carbonyl (C=O) groups is 3. The first-order valence-electron chi connectivity index (χ1n) is 8.32. The van der Waals surface area contributed by atoms with E-state index in [4.69, 9.17) is 9.47 Å². The number of fused-ring (bicyclic) bond motifs is 1. The van der Waals surface area contributed by atoms with Crippen molar-refractivity contribution in [3.05, 3.63) is 59.8 Å². The maximum absolute atomic E-state index is 12.2. The first-order valence-corrected chi connectivity index (χ1v) is 8.32. The number of methoxy groups -OCH3 is 2. The minimum atomic E-state index is -0.647. The average Bonchev–Trinajstić information content (AvgIpc) is 3.15. The van der Waals surface area contributed by atoms with Crippen LogP contribution >= 0.6 is 0 Å². The molecule has 0 fully saturated rings. The molecule has 0 radical (unpaired) electrons. The molecule has 1 heterocycles. The van der Waals surface area contributed by atoms with Gasteiger partial charge < -0.3 is 24.5 Å². The predicted molar refractivity (Wildman–Crippen MR) is 102 cm³/mol. The van der Waals surface area contributed by atoms with Crippen molar-refractivity contribution < 1.29 is 28.6 Å². The predicted octanol–water partition coefficient (Wildman–Crippen LogP) is 2.76. The molecule has 3 rings (SSSR count). The lowest BCUT2D eigenvalue weighted by Gasteiger charge is -2.06. The Labute approximate surface area is 160 Å². The summed E-state index contributed by atoms with van der Waals surface area (Å²) in [6, 6.07) is 13.1. The number of aromatic nitrogens is 1. The van der Waals surface area contributed by atoms with E-state index in [1.165, 1.54) is 19.2 Å². The number of esters is 2. The van der Waals surface area contributed by atoms with Gasteiger partial charge in [-0.2, -0.15) is 0 Å². The number of aromatic amines is 1. The van der Waals surface area contributed by atoms with Crippen molar-refractivity contribution in [3.63, 3.8) is 0 Å². The Bertz CT molecular complexity index is 1020. The van der Waals surface area contributed by atoms with Gasteiger partial charge in [0, 0.05) is 22.7 Å². The highest BCUT2D eigenvalue weighted by Gasteiger charge is 2.14. The fraction of sp³-hybridized carbons (Fsp3) is 0.150. The number of rotatable bonds is 6. The van der Waals surface area contributed by atoms with Crippen molar-refractivity contribution in [2.24, 2.45) is 0 Å². The topological polar surface area (TPSA) is 107 Å². The molecule has 0 aliphatic rings. The minimum absolute atomic E-state index is 0.235. The van der Waals surface area contributed by atoms with Crippen LogP contribution in [0.2, 0.25) is 0 Å². The van der Waals surface area contributed by atoms with Gasteiger partial charge in [0.05, 0.1) is 19.8 Å². The second-order valence-corrected chi connectivity index (χ2v) is 5.83. The van der Waals surface area contributed by atoms with Crippen LogP contribution < -0.4 is 10.1 Å². The summed E-state index contributed by atoms with van der Waals surface area (Å²) in [6.45, 7) is -0.448. The third-order valence-electron chi connectivity index (χ3n) is 3.97. The van der Waals surface area contributed by atoms with E-state index in [0.717, 1.165) is 10.9 Å². The molecule has 1 amide bonds. The van der Waals surface area contributed by atoms with E-state index in [0.29, 0.717) is 17.0 Å². The van der Waals surface area contributed by atoms with Crippen molar-refractivity contribution in [2.75, 3.05) is 26.1 Å². The van der Waals surface area contributed by atoms with Gasteiger partial charge in [0.2, 0.25) is 0 Å². The molecule has 3 aromatic rings. The molecule has 0 aliphatic heterocycles. The van der Waals surface area contributed by atoms with Gasteiger partial charge in [-0.05, 0) is 42.5 Å². The summed E-state index contributed by atoms with van der Waals surface area (Å²) in [4.78, 5) is 38.5. The molecule has 2 aromatic carbocycles. The zero-order valence-electron chi connectivity index (χ0n) is 15.3. The zero-order chi connectivity index (χ0) is 20.1. The van der Waals surface area contributed by atoms with Gasteiger partial charge >= 0.3 is 11.9 Å². The van der Waals surface area contributed by atoms with E-state index in [9.17, 15) is 14.4 Å². The number of benzene rings is 2. The number of carbonyl (C=O) groups excluding carboxylic acids is 3. The van der Waals surface area contributed by atoms with Crippen LogP contribution in [0.5, 0.6) is 5.75 Å². The minimum Gasteiger partial charge on any atom is -0.497 e. The van der Waals surface area contributed by atoms with Crippen LogP contribution in [0.3, 0.4) is 0 Å². The van der Waals surface area contributed by atoms with Crippen molar-refractivity contribution in [3.8, 4) is 5.75 Å². The van der Waals surface area contributed by atoms with Gasteiger partial charge in [0.15, 0.2) is 6.61 Å². The summed E-state index contributed by atoms with van der Waals surface area (Å²) in [7, 11) is 2.84. The van der Waals surface area contributed by atoms with Crippen molar-refractivity contribution in [1.29, 1.82) is 0 Å². The number of amides is 1. The summed E-state index contributed by atoms with van der Waals surface area (Å²) in [6.07, 6.45) is 0. The third-order valence-corrected chi connectivity index (χ3v) is 3.97. The zero-order valence-corrected chi connectivity index (χ0v) is 15.3. The number of ether oxygens (including phenoxy) is 3. The monoisotopic (exact) mass is 382 g/mol. The molecule has 0 unspecified atom stereocenters. The smallest absolute Gasteiger partial charge is 0.355 e. The largest absolute Gasteiger partial charge is 0.497 e. The summed E-state index contributed by atoms with van der Waals surface area (Å²) < 4.78 is 14.8. The highest BCUT2D eigenvalue weighted by atomic mass is 16.5. The number of hydrogen-bond acceptors (Lipinski definition) is 6. The highest BCUT2D eigenvalue weighted by Crippen LogP contribution is 2.21. The molecule has 144 valence electrons. The quantitative estimate of drug-likeness (QED) is 0.635. The van der Waals surface area contributed by atoms with Crippen molar-refractivity contribution in [1.82, 2.24) is 4.98 Å². The van der Waals surface area contributed by atoms with Crippen LogP contribution in [-0.2, 0) is 14.3 Å². The molecule has 8 nitrogen and oxygen atoms in total. The Morgan fingerprint density at radius 3 is 2.39 bits per heavy atom. The Balaban J connectivity index is 1.56. The summed E-state index contributed by atoms with van der Waals surface area (Å²) in [5.41, 5.74) is 1.79. The van der Waals surface area contributed by atoms with Crippen LogP contribution in [-0.4, -0.2) is 43.7 Å². The molecule has 28 heavy (non-hydrogen) atoms. The SMILES string of the molecule is COC(=O)c1ccc(NC(=O)COC(=O)c2cc3ccc(OC)cc3[nH]2)cc1.